The number of benzene rings is 1. The van der Waals surface area contributed by atoms with Crippen molar-refractivity contribution in [2.75, 3.05) is 0 Å². The normalized spacial score (nSPS) is 11.2. The number of aromatic nitrogens is 3. The summed E-state index contributed by atoms with van der Waals surface area (Å²) in [6.45, 7) is 6.68. The first-order valence-corrected chi connectivity index (χ1v) is 6.70. The van der Waals surface area contributed by atoms with Crippen LogP contribution in [0.3, 0.4) is 0 Å². The van der Waals surface area contributed by atoms with Gasteiger partial charge in [0, 0.05) is 24.0 Å². The Labute approximate surface area is 118 Å². The number of aryl methyl sites for hydroxylation is 3. The quantitative estimate of drug-likeness (QED) is 0.776. The molecule has 0 radical (unpaired) electrons. The van der Waals surface area contributed by atoms with E-state index in [4.69, 9.17) is 5.73 Å². The number of rotatable bonds is 2. The van der Waals surface area contributed by atoms with E-state index in [1.54, 1.807) is 0 Å². The Kier molecular flexibility index (Phi) is 3.03. The lowest BCUT2D eigenvalue weighted by Gasteiger charge is -2.11. The molecule has 0 saturated carbocycles. The van der Waals surface area contributed by atoms with Crippen LogP contribution in [0.15, 0.2) is 30.7 Å². The van der Waals surface area contributed by atoms with Crippen molar-refractivity contribution in [3.05, 3.63) is 53.1 Å². The lowest BCUT2D eigenvalue weighted by molar-refractivity contribution is 0.970. The number of pyridine rings is 1. The predicted octanol–water partition coefficient (Wildman–Crippen LogP) is 2.80. The highest BCUT2D eigenvalue weighted by Gasteiger charge is 2.10. The molecule has 3 rings (SSSR count). The molecule has 0 aliphatic heterocycles. The molecule has 2 aromatic heterocycles. The molecule has 20 heavy (non-hydrogen) atoms. The van der Waals surface area contributed by atoms with E-state index in [0.717, 1.165) is 28.0 Å². The van der Waals surface area contributed by atoms with Crippen LogP contribution in [0.4, 0.5) is 0 Å². The van der Waals surface area contributed by atoms with E-state index in [1.807, 2.05) is 19.4 Å². The minimum absolute atomic E-state index is 0.465. The molecule has 0 spiro atoms. The SMILES string of the molecule is Cc1cc(-n2cnc3cc(C)c(C)cc32)c(CN)cn1. The molecule has 0 fully saturated rings. The molecule has 0 bridgehead atoms. The number of fused-ring (bicyclic) bond motifs is 1. The van der Waals surface area contributed by atoms with Crippen LogP contribution in [0.25, 0.3) is 16.7 Å². The highest BCUT2D eigenvalue weighted by Crippen LogP contribution is 2.23. The molecule has 0 amide bonds. The van der Waals surface area contributed by atoms with Gasteiger partial charge in [0.15, 0.2) is 0 Å². The molecule has 0 aliphatic rings. The van der Waals surface area contributed by atoms with E-state index in [9.17, 15) is 0 Å². The highest BCUT2D eigenvalue weighted by atomic mass is 15.1. The number of imidazole rings is 1. The first-order valence-electron chi connectivity index (χ1n) is 6.70. The van der Waals surface area contributed by atoms with Crippen LogP contribution in [-0.4, -0.2) is 14.5 Å². The molecule has 1 aromatic carbocycles. The largest absolute Gasteiger partial charge is 0.326 e. The van der Waals surface area contributed by atoms with Crippen molar-refractivity contribution in [3.8, 4) is 5.69 Å². The first-order chi connectivity index (χ1) is 9.60. The molecule has 0 saturated heterocycles. The van der Waals surface area contributed by atoms with Gasteiger partial charge in [0.2, 0.25) is 0 Å². The Morgan fingerprint density at radius 2 is 1.80 bits per heavy atom. The van der Waals surface area contributed by atoms with Crippen molar-refractivity contribution >= 4 is 11.0 Å². The second-order valence-corrected chi connectivity index (χ2v) is 5.20. The predicted molar refractivity (Wildman–Crippen MR) is 81.0 cm³/mol. The van der Waals surface area contributed by atoms with Gasteiger partial charge in [-0.25, -0.2) is 4.98 Å². The summed E-state index contributed by atoms with van der Waals surface area (Å²) in [6, 6.07) is 6.35. The van der Waals surface area contributed by atoms with E-state index in [-0.39, 0.29) is 0 Å². The Balaban J connectivity index is 2.30. The summed E-state index contributed by atoms with van der Waals surface area (Å²) in [5.41, 5.74) is 13.5. The van der Waals surface area contributed by atoms with Gasteiger partial charge in [0.1, 0.15) is 6.33 Å². The maximum atomic E-state index is 5.83. The van der Waals surface area contributed by atoms with Gasteiger partial charge in [-0.3, -0.25) is 9.55 Å². The van der Waals surface area contributed by atoms with Crippen LogP contribution in [-0.2, 0) is 6.54 Å². The third-order valence-electron chi connectivity index (χ3n) is 3.74. The van der Waals surface area contributed by atoms with Gasteiger partial charge in [-0.2, -0.15) is 0 Å². The molecule has 0 aliphatic carbocycles. The fraction of sp³-hybridized carbons (Fsp3) is 0.250. The summed E-state index contributed by atoms with van der Waals surface area (Å²) in [4.78, 5) is 8.82. The Morgan fingerprint density at radius 3 is 2.55 bits per heavy atom. The zero-order chi connectivity index (χ0) is 14.3. The van der Waals surface area contributed by atoms with Gasteiger partial charge >= 0.3 is 0 Å². The summed E-state index contributed by atoms with van der Waals surface area (Å²) < 4.78 is 2.10. The van der Waals surface area contributed by atoms with Gasteiger partial charge in [-0.15, -0.1) is 0 Å². The van der Waals surface area contributed by atoms with Crippen molar-refractivity contribution in [2.24, 2.45) is 5.73 Å². The average molecular weight is 266 g/mol. The Hall–Kier alpha value is -2.20. The Bertz CT molecular complexity index is 787. The van der Waals surface area contributed by atoms with Gasteiger partial charge in [0.05, 0.1) is 16.7 Å². The average Bonchev–Trinajstić information content (AvgIpc) is 2.82. The Morgan fingerprint density at radius 1 is 1.05 bits per heavy atom. The van der Waals surface area contributed by atoms with Gasteiger partial charge < -0.3 is 5.73 Å². The standard InChI is InChI=1S/C16H18N4/c1-10-4-14-16(5-11(10)2)20(9-19-14)15-6-12(3)18-8-13(15)7-17/h4-6,8-9H,7,17H2,1-3H3. The van der Waals surface area contributed by atoms with E-state index < -0.39 is 0 Å². The smallest absolute Gasteiger partial charge is 0.100 e. The molecule has 0 atom stereocenters. The molecule has 3 aromatic rings. The maximum Gasteiger partial charge on any atom is 0.100 e. The van der Waals surface area contributed by atoms with Crippen LogP contribution < -0.4 is 5.73 Å². The van der Waals surface area contributed by atoms with E-state index in [1.165, 1.54) is 11.1 Å². The molecule has 4 nitrogen and oxygen atoms in total. The minimum atomic E-state index is 0.465. The number of nitrogens with zero attached hydrogens (tertiary/aromatic N) is 3. The molecule has 2 N–H and O–H groups in total. The van der Waals surface area contributed by atoms with Gasteiger partial charge in [0.25, 0.3) is 0 Å². The third kappa shape index (κ3) is 1.98. The lowest BCUT2D eigenvalue weighted by Crippen LogP contribution is -2.05. The van der Waals surface area contributed by atoms with Gasteiger partial charge in [-0.1, -0.05) is 0 Å². The first kappa shape index (κ1) is 12.8. The van der Waals surface area contributed by atoms with Crippen molar-refractivity contribution in [1.82, 2.24) is 14.5 Å². The zero-order valence-corrected chi connectivity index (χ0v) is 12.0. The van der Waals surface area contributed by atoms with Crippen LogP contribution in [0.5, 0.6) is 0 Å². The molecule has 4 heteroatoms. The lowest BCUT2D eigenvalue weighted by atomic mass is 10.1. The van der Waals surface area contributed by atoms with Crippen LogP contribution in [0.1, 0.15) is 22.4 Å². The molecular weight excluding hydrogens is 248 g/mol. The molecule has 102 valence electrons. The summed E-state index contributed by atoms with van der Waals surface area (Å²) in [5, 5.41) is 0. The zero-order valence-electron chi connectivity index (χ0n) is 12.0. The van der Waals surface area contributed by atoms with Crippen LogP contribution in [0.2, 0.25) is 0 Å². The van der Waals surface area contributed by atoms with E-state index in [0.29, 0.717) is 6.54 Å². The highest BCUT2D eigenvalue weighted by molar-refractivity contribution is 5.79. The fourth-order valence-electron chi connectivity index (χ4n) is 2.41. The van der Waals surface area contributed by atoms with E-state index in [2.05, 4.69) is 46.6 Å². The molecular formula is C16H18N4. The number of nitrogens with two attached hydrogens (primary N) is 1. The van der Waals surface area contributed by atoms with Crippen LogP contribution in [0, 0.1) is 20.8 Å². The van der Waals surface area contributed by atoms with E-state index >= 15 is 0 Å². The maximum absolute atomic E-state index is 5.83. The summed E-state index contributed by atoms with van der Waals surface area (Å²) in [6.07, 6.45) is 3.70. The van der Waals surface area contributed by atoms with Crippen molar-refractivity contribution in [3.63, 3.8) is 0 Å². The summed E-state index contributed by atoms with van der Waals surface area (Å²) >= 11 is 0. The molecule has 0 unspecified atom stereocenters. The minimum Gasteiger partial charge on any atom is -0.326 e. The van der Waals surface area contributed by atoms with Crippen molar-refractivity contribution in [2.45, 2.75) is 27.3 Å². The topological polar surface area (TPSA) is 56.7 Å². The second kappa shape index (κ2) is 4.72. The molecule has 2 heterocycles. The fourth-order valence-corrected chi connectivity index (χ4v) is 2.41. The summed E-state index contributed by atoms with van der Waals surface area (Å²) in [5.74, 6) is 0. The van der Waals surface area contributed by atoms with Crippen molar-refractivity contribution in [1.29, 1.82) is 0 Å². The van der Waals surface area contributed by atoms with Crippen LogP contribution >= 0.6 is 0 Å². The number of hydrogen-bond acceptors (Lipinski definition) is 3. The van der Waals surface area contributed by atoms with Crippen molar-refractivity contribution < 1.29 is 0 Å². The second-order valence-electron chi connectivity index (χ2n) is 5.20. The number of hydrogen-bond donors (Lipinski definition) is 1. The van der Waals surface area contributed by atoms with Gasteiger partial charge in [-0.05, 0) is 50.1 Å². The summed E-state index contributed by atoms with van der Waals surface area (Å²) in [7, 11) is 0. The third-order valence-corrected chi connectivity index (χ3v) is 3.74. The monoisotopic (exact) mass is 266 g/mol.